The summed E-state index contributed by atoms with van der Waals surface area (Å²) in [5.74, 6) is -0.887. The summed E-state index contributed by atoms with van der Waals surface area (Å²) >= 11 is 15.4. The number of hydrogen-bond acceptors (Lipinski definition) is 1. The average Bonchev–Trinajstić information content (AvgIpc) is 2.79. The van der Waals surface area contributed by atoms with Crippen LogP contribution in [0.15, 0.2) is 40.9 Å². The van der Waals surface area contributed by atoms with Gasteiger partial charge in [0.2, 0.25) is 0 Å². The van der Waals surface area contributed by atoms with Crippen LogP contribution in [0.2, 0.25) is 10.0 Å². The van der Waals surface area contributed by atoms with Gasteiger partial charge in [-0.15, -0.1) is 0 Å². The van der Waals surface area contributed by atoms with Gasteiger partial charge in [0.25, 0.3) is 0 Å². The minimum Gasteiger partial charge on any atom is -0.481 e. The number of aliphatic carboxylic acids is 1. The van der Waals surface area contributed by atoms with E-state index in [1.54, 1.807) is 12.1 Å². The molecule has 2 N–H and O–H groups in total. The SMILES string of the molecule is O=C(O)Cc1c(-c2ccc(Cl)c(Cl)c2)[nH]c2ccc(Br)cc12. The van der Waals surface area contributed by atoms with Gasteiger partial charge < -0.3 is 10.1 Å². The summed E-state index contributed by atoms with van der Waals surface area (Å²) in [5.41, 5.74) is 3.15. The summed E-state index contributed by atoms with van der Waals surface area (Å²) in [4.78, 5) is 14.5. The fraction of sp³-hybridized carbons (Fsp3) is 0.0625. The minimum atomic E-state index is -0.887. The molecule has 0 spiro atoms. The number of halogens is 3. The minimum absolute atomic E-state index is 0.0773. The first-order chi connectivity index (χ1) is 10.5. The van der Waals surface area contributed by atoms with Crippen LogP contribution in [-0.4, -0.2) is 16.1 Å². The van der Waals surface area contributed by atoms with E-state index in [0.29, 0.717) is 10.0 Å². The third kappa shape index (κ3) is 2.86. The number of benzene rings is 2. The maximum atomic E-state index is 11.2. The summed E-state index contributed by atoms with van der Waals surface area (Å²) in [6.45, 7) is 0. The van der Waals surface area contributed by atoms with Crippen LogP contribution in [0.5, 0.6) is 0 Å². The molecule has 0 saturated carbocycles. The van der Waals surface area contributed by atoms with E-state index >= 15 is 0 Å². The molecule has 3 nitrogen and oxygen atoms in total. The predicted molar refractivity (Wildman–Crippen MR) is 92.8 cm³/mol. The van der Waals surface area contributed by atoms with Gasteiger partial charge in [0.1, 0.15) is 0 Å². The first kappa shape index (κ1) is 15.4. The molecule has 1 aromatic heterocycles. The van der Waals surface area contributed by atoms with Crippen molar-refractivity contribution in [1.29, 1.82) is 0 Å². The van der Waals surface area contributed by atoms with E-state index in [0.717, 1.165) is 32.2 Å². The third-order valence-electron chi connectivity index (χ3n) is 3.40. The molecule has 112 valence electrons. The molecular weight excluding hydrogens is 389 g/mol. The fourth-order valence-corrected chi connectivity index (χ4v) is 3.11. The van der Waals surface area contributed by atoms with Gasteiger partial charge in [-0.1, -0.05) is 45.2 Å². The van der Waals surface area contributed by atoms with Gasteiger partial charge in [0.15, 0.2) is 0 Å². The average molecular weight is 399 g/mol. The van der Waals surface area contributed by atoms with E-state index in [-0.39, 0.29) is 6.42 Å². The van der Waals surface area contributed by atoms with Crippen LogP contribution < -0.4 is 0 Å². The molecule has 0 aliphatic rings. The Labute approximate surface area is 145 Å². The number of aromatic nitrogens is 1. The summed E-state index contributed by atoms with van der Waals surface area (Å²) < 4.78 is 0.895. The lowest BCUT2D eigenvalue weighted by Gasteiger charge is -2.05. The molecule has 6 heteroatoms. The monoisotopic (exact) mass is 397 g/mol. The van der Waals surface area contributed by atoms with Crippen molar-refractivity contribution in [2.45, 2.75) is 6.42 Å². The highest BCUT2D eigenvalue weighted by Crippen LogP contribution is 2.35. The number of fused-ring (bicyclic) bond motifs is 1. The number of H-pyrrole nitrogens is 1. The van der Waals surface area contributed by atoms with Gasteiger partial charge in [-0.2, -0.15) is 0 Å². The molecule has 0 aliphatic carbocycles. The molecule has 0 atom stereocenters. The Morgan fingerprint density at radius 1 is 1.14 bits per heavy atom. The van der Waals surface area contributed by atoms with E-state index < -0.39 is 5.97 Å². The summed E-state index contributed by atoms with van der Waals surface area (Å²) in [6, 6.07) is 11.0. The molecule has 0 saturated heterocycles. The van der Waals surface area contributed by atoms with Crippen molar-refractivity contribution in [3.63, 3.8) is 0 Å². The van der Waals surface area contributed by atoms with Crippen LogP contribution >= 0.6 is 39.1 Å². The lowest BCUT2D eigenvalue weighted by Crippen LogP contribution is -2.01. The maximum Gasteiger partial charge on any atom is 0.307 e. The lowest BCUT2D eigenvalue weighted by molar-refractivity contribution is -0.136. The van der Waals surface area contributed by atoms with Crippen LogP contribution in [0.1, 0.15) is 5.56 Å². The number of carbonyl (C=O) groups is 1. The second kappa shape index (κ2) is 5.95. The predicted octanol–water partition coefficient (Wildman–Crippen LogP) is 5.53. The fourth-order valence-electron chi connectivity index (χ4n) is 2.45. The zero-order valence-corrected chi connectivity index (χ0v) is 14.3. The Kier molecular flexibility index (Phi) is 4.17. The molecule has 3 rings (SSSR count). The van der Waals surface area contributed by atoms with E-state index in [1.165, 1.54) is 0 Å². The number of hydrogen-bond donors (Lipinski definition) is 2. The molecule has 3 aromatic rings. The van der Waals surface area contributed by atoms with E-state index in [2.05, 4.69) is 20.9 Å². The van der Waals surface area contributed by atoms with Crippen molar-refractivity contribution in [2.24, 2.45) is 0 Å². The van der Waals surface area contributed by atoms with Crippen molar-refractivity contribution >= 4 is 56.0 Å². The first-order valence-electron chi connectivity index (χ1n) is 6.43. The molecule has 0 aliphatic heterocycles. The van der Waals surface area contributed by atoms with Gasteiger partial charge in [-0.25, -0.2) is 0 Å². The summed E-state index contributed by atoms with van der Waals surface area (Å²) in [7, 11) is 0. The zero-order valence-electron chi connectivity index (χ0n) is 11.2. The number of nitrogens with one attached hydrogen (secondary N) is 1. The maximum absolute atomic E-state index is 11.2. The summed E-state index contributed by atoms with van der Waals surface area (Å²) in [6.07, 6.45) is -0.0773. The molecule has 0 fully saturated rings. The van der Waals surface area contributed by atoms with Gasteiger partial charge in [-0.3, -0.25) is 4.79 Å². The largest absolute Gasteiger partial charge is 0.481 e. The quantitative estimate of drug-likeness (QED) is 0.609. The summed E-state index contributed by atoms with van der Waals surface area (Å²) in [5, 5.41) is 11.0. The second-order valence-electron chi connectivity index (χ2n) is 4.87. The van der Waals surface area contributed by atoms with E-state index in [1.807, 2.05) is 24.3 Å². The van der Waals surface area contributed by atoms with Gasteiger partial charge >= 0.3 is 5.97 Å². The van der Waals surface area contributed by atoms with E-state index in [4.69, 9.17) is 23.2 Å². The molecule has 2 aromatic carbocycles. The van der Waals surface area contributed by atoms with Crippen LogP contribution in [-0.2, 0) is 11.2 Å². The molecule has 0 unspecified atom stereocenters. The number of carboxylic acid groups (broad SMARTS) is 1. The van der Waals surface area contributed by atoms with Gasteiger partial charge in [0, 0.05) is 15.4 Å². The lowest BCUT2D eigenvalue weighted by atomic mass is 10.0. The third-order valence-corrected chi connectivity index (χ3v) is 4.64. The van der Waals surface area contributed by atoms with Crippen molar-refractivity contribution in [3.8, 4) is 11.3 Å². The Balaban J connectivity index is 2.27. The molecule has 0 amide bonds. The van der Waals surface area contributed by atoms with Crippen molar-refractivity contribution in [1.82, 2.24) is 4.98 Å². The van der Waals surface area contributed by atoms with Crippen LogP contribution in [0, 0.1) is 0 Å². The van der Waals surface area contributed by atoms with Crippen molar-refractivity contribution < 1.29 is 9.90 Å². The number of carboxylic acids is 1. The van der Waals surface area contributed by atoms with Crippen LogP contribution in [0.25, 0.3) is 22.2 Å². The second-order valence-corrected chi connectivity index (χ2v) is 6.60. The van der Waals surface area contributed by atoms with Crippen molar-refractivity contribution in [3.05, 3.63) is 56.5 Å². The molecule has 0 radical (unpaired) electrons. The number of rotatable bonds is 3. The zero-order chi connectivity index (χ0) is 15.9. The van der Waals surface area contributed by atoms with Crippen LogP contribution in [0.4, 0.5) is 0 Å². The highest BCUT2D eigenvalue weighted by Gasteiger charge is 2.16. The van der Waals surface area contributed by atoms with Gasteiger partial charge in [-0.05, 0) is 41.5 Å². The molecule has 1 heterocycles. The van der Waals surface area contributed by atoms with Crippen LogP contribution in [0.3, 0.4) is 0 Å². The topological polar surface area (TPSA) is 53.1 Å². The van der Waals surface area contributed by atoms with E-state index in [9.17, 15) is 9.90 Å². The Bertz CT molecular complexity index is 889. The normalized spacial score (nSPS) is 11.0. The highest BCUT2D eigenvalue weighted by molar-refractivity contribution is 9.10. The Hall–Kier alpha value is -1.49. The molecule has 22 heavy (non-hydrogen) atoms. The Morgan fingerprint density at radius 2 is 1.91 bits per heavy atom. The number of aromatic amines is 1. The van der Waals surface area contributed by atoms with Crippen molar-refractivity contribution in [2.75, 3.05) is 0 Å². The van der Waals surface area contributed by atoms with Gasteiger partial charge in [0.05, 0.1) is 22.2 Å². The molecule has 0 bridgehead atoms. The first-order valence-corrected chi connectivity index (χ1v) is 7.98. The standard InChI is InChI=1S/C16H10BrCl2NO2/c17-9-2-4-14-10(6-9)11(7-15(21)22)16(20-14)8-1-3-12(18)13(19)5-8/h1-6,20H,7H2,(H,21,22). The molecular formula is C16H10BrCl2NO2. The smallest absolute Gasteiger partial charge is 0.307 e. The Morgan fingerprint density at radius 3 is 2.59 bits per heavy atom. The highest BCUT2D eigenvalue weighted by atomic mass is 79.9.